The molecular formula is C18H30IN3O4. The van der Waals surface area contributed by atoms with Crippen molar-refractivity contribution in [3.63, 3.8) is 0 Å². The van der Waals surface area contributed by atoms with E-state index in [1.54, 1.807) is 21.1 Å². The van der Waals surface area contributed by atoms with Gasteiger partial charge >= 0.3 is 5.97 Å². The van der Waals surface area contributed by atoms with Crippen LogP contribution in [0.2, 0.25) is 0 Å². The minimum absolute atomic E-state index is 0. The van der Waals surface area contributed by atoms with E-state index in [2.05, 4.69) is 15.6 Å². The fourth-order valence-electron chi connectivity index (χ4n) is 2.11. The third-order valence-corrected chi connectivity index (χ3v) is 3.62. The minimum Gasteiger partial charge on any atom is -0.491 e. The molecule has 0 heterocycles. The van der Waals surface area contributed by atoms with Gasteiger partial charge in [0.25, 0.3) is 0 Å². The normalized spacial score (nSPS) is 12.0. The first kappa shape index (κ1) is 24.5. The summed E-state index contributed by atoms with van der Waals surface area (Å²) >= 11 is 0. The molecule has 0 bridgehead atoms. The van der Waals surface area contributed by atoms with Gasteiger partial charge in [-0.15, -0.1) is 24.0 Å². The highest BCUT2D eigenvalue weighted by atomic mass is 127. The van der Waals surface area contributed by atoms with Gasteiger partial charge in [0.15, 0.2) is 5.96 Å². The quantitative estimate of drug-likeness (QED) is 0.186. The van der Waals surface area contributed by atoms with Crippen molar-refractivity contribution in [2.75, 3.05) is 41.0 Å². The molecule has 1 unspecified atom stereocenters. The number of benzene rings is 1. The van der Waals surface area contributed by atoms with E-state index in [4.69, 9.17) is 14.2 Å². The highest BCUT2D eigenvalue weighted by Crippen LogP contribution is 2.20. The third kappa shape index (κ3) is 8.70. The number of carbonyl (C=O) groups is 1. The Hall–Kier alpha value is -1.55. The Balaban J connectivity index is 0.00000625. The Labute approximate surface area is 172 Å². The average molecular weight is 479 g/mol. The topological polar surface area (TPSA) is 81.2 Å². The second-order valence-corrected chi connectivity index (χ2v) is 5.68. The lowest BCUT2D eigenvalue weighted by Gasteiger charge is -2.16. The molecule has 0 aliphatic carbocycles. The summed E-state index contributed by atoms with van der Waals surface area (Å²) in [6.07, 6.45) is 0. The van der Waals surface area contributed by atoms with Gasteiger partial charge in [0.1, 0.15) is 12.4 Å². The number of halogens is 1. The highest BCUT2D eigenvalue weighted by molar-refractivity contribution is 14.0. The van der Waals surface area contributed by atoms with Gasteiger partial charge in [-0.3, -0.25) is 9.79 Å². The van der Waals surface area contributed by atoms with Crippen LogP contribution in [0.25, 0.3) is 0 Å². The molecule has 1 atom stereocenters. The highest BCUT2D eigenvalue weighted by Gasteiger charge is 2.13. The molecule has 1 rings (SSSR count). The van der Waals surface area contributed by atoms with Crippen LogP contribution in [-0.4, -0.2) is 53.0 Å². The van der Waals surface area contributed by atoms with Crippen molar-refractivity contribution in [1.29, 1.82) is 0 Å². The SMILES string of the molecule is CN=C(NCc1ccc(C)cc1OCCOC)NCC(C)C(=O)OC.I. The molecule has 26 heavy (non-hydrogen) atoms. The summed E-state index contributed by atoms with van der Waals surface area (Å²) < 4.78 is 15.5. The average Bonchev–Trinajstić information content (AvgIpc) is 2.62. The van der Waals surface area contributed by atoms with Gasteiger partial charge in [-0.25, -0.2) is 0 Å². The van der Waals surface area contributed by atoms with Gasteiger partial charge in [0.05, 0.1) is 19.6 Å². The number of aliphatic imine (C=N–C) groups is 1. The Morgan fingerprint density at radius 3 is 2.58 bits per heavy atom. The molecule has 7 nitrogen and oxygen atoms in total. The molecule has 8 heteroatoms. The molecule has 2 N–H and O–H groups in total. The molecule has 0 saturated carbocycles. The fraction of sp³-hybridized carbons (Fsp3) is 0.556. The van der Waals surface area contributed by atoms with E-state index >= 15 is 0 Å². The maximum atomic E-state index is 11.4. The number of rotatable bonds is 9. The number of guanidine groups is 1. The van der Waals surface area contributed by atoms with Crippen molar-refractivity contribution in [2.24, 2.45) is 10.9 Å². The summed E-state index contributed by atoms with van der Waals surface area (Å²) in [6.45, 7) is 5.85. The van der Waals surface area contributed by atoms with Crippen LogP contribution in [0.5, 0.6) is 5.75 Å². The minimum atomic E-state index is -0.254. The molecule has 0 aromatic heterocycles. The summed E-state index contributed by atoms with van der Waals surface area (Å²) in [4.78, 5) is 15.6. The molecule has 0 saturated heterocycles. The fourth-order valence-corrected chi connectivity index (χ4v) is 2.11. The van der Waals surface area contributed by atoms with Crippen LogP contribution in [-0.2, 0) is 20.8 Å². The second kappa shape index (κ2) is 13.6. The largest absolute Gasteiger partial charge is 0.491 e. The number of nitrogens with zero attached hydrogens (tertiary/aromatic N) is 1. The lowest BCUT2D eigenvalue weighted by atomic mass is 10.1. The number of hydrogen-bond donors (Lipinski definition) is 2. The van der Waals surface area contributed by atoms with E-state index in [1.165, 1.54) is 7.11 Å². The molecule has 0 radical (unpaired) electrons. The zero-order chi connectivity index (χ0) is 18.7. The van der Waals surface area contributed by atoms with Gasteiger partial charge in [0.2, 0.25) is 0 Å². The number of carbonyl (C=O) groups excluding carboxylic acids is 1. The monoisotopic (exact) mass is 479 g/mol. The summed E-state index contributed by atoms with van der Waals surface area (Å²) in [5, 5.41) is 6.34. The predicted octanol–water partition coefficient (Wildman–Crippen LogP) is 2.11. The van der Waals surface area contributed by atoms with E-state index in [1.807, 2.05) is 25.1 Å². The molecule has 1 aromatic rings. The Morgan fingerprint density at radius 2 is 1.96 bits per heavy atom. The molecule has 0 amide bonds. The van der Waals surface area contributed by atoms with Crippen molar-refractivity contribution >= 4 is 35.9 Å². The summed E-state index contributed by atoms with van der Waals surface area (Å²) in [5.74, 6) is 0.924. The number of nitrogens with one attached hydrogen (secondary N) is 2. The zero-order valence-corrected chi connectivity index (χ0v) is 18.5. The van der Waals surface area contributed by atoms with Gasteiger partial charge < -0.3 is 24.8 Å². The first-order valence-corrected chi connectivity index (χ1v) is 8.25. The lowest BCUT2D eigenvalue weighted by molar-refractivity contribution is -0.144. The van der Waals surface area contributed by atoms with Gasteiger partial charge in [-0.05, 0) is 18.6 Å². The summed E-state index contributed by atoms with van der Waals surface area (Å²) in [6, 6.07) is 6.06. The van der Waals surface area contributed by atoms with E-state index in [0.717, 1.165) is 16.9 Å². The molecule has 0 aliphatic rings. The van der Waals surface area contributed by atoms with Gasteiger partial charge in [-0.2, -0.15) is 0 Å². The first-order valence-electron chi connectivity index (χ1n) is 8.25. The van der Waals surface area contributed by atoms with Crippen LogP contribution >= 0.6 is 24.0 Å². The number of ether oxygens (including phenoxy) is 3. The standard InChI is InChI=1S/C18H29N3O4.HI/c1-13-6-7-15(16(10-13)25-9-8-23-4)12-21-18(19-3)20-11-14(2)17(22)24-5;/h6-7,10,14H,8-9,11-12H2,1-5H3,(H2,19,20,21);1H. The molecule has 0 aliphatic heterocycles. The molecule has 0 fully saturated rings. The van der Waals surface area contributed by atoms with E-state index < -0.39 is 0 Å². The second-order valence-electron chi connectivity index (χ2n) is 5.68. The molecule has 148 valence electrons. The Kier molecular flexibility index (Phi) is 12.8. The lowest BCUT2D eigenvalue weighted by Crippen LogP contribution is -2.40. The van der Waals surface area contributed by atoms with Crippen LogP contribution < -0.4 is 15.4 Å². The summed E-state index contributed by atoms with van der Waals surface area (Å²) in [5.41, 5.74) is 2.15. The summed E-state index contributed by atoms with van der Waals surface area (Å²) in [7, 11) is 4.71. The van der Waals surface area contributed by atoms with Crippen molar-refractivity contribution in [3.05, 3.63) is 29.3 Å². The van der Waals surface area contributed by atoms with E-state index in [9.17, 15) is 4.79 Å². The van der Waals surface area contributed by atoms with Crippen LogP contribution in [0.4, 0.5) is 0 Å². The molecular weight excluding hydrogens is 449 g/mol. The van der Waals surface area contributed by atoms with Crippen molar-refractivity contribution in [2.45, 2.75) is 20.4 Å². The van der Waals surface area contributed by atoms with Crippen LogP contribution in [0.15, 0.2) is 23.2 Å². The van der Waals surface area contributed by atoms with Gasteiger partial charge in [0, 0.05) is 32.8 Å². The number of methoxy groups -OCH3 is 2. The predicted molar refractivity (Wildman–Crippen MR) is 113 cm³/mol. The molecule has 0 spiro atoms. The molecule has 1 aromatic carbocycles. The maximum absolute atomic E-state index is 11.4. The number of aryl methyl sites for hydroxylation is 1. The van der Waals surface area contributed by atoms with Crippen LogP contribution in [0.3, 0.4) is 0 Å². The smallest absolute Gasteiger partial charge is 0.310 e. The Morgan fingerprint density at radius 1 is 1.23 bits per heavy atom. The van der Waals surface area contributed by atoms with Crippen LogP contribution in [0.1, 0.15) is 18.1 Å². The van der Waals surface area contributed by atoms with E-state index in [0.29, 0.717) is 32.3 Å². The maximum Gasteiger partial charge on any atom is 0.310 e. The number of esters is 1. The van der Waals surface area contributed by atoms with E-state index in [-0.39, 0.29) is 35.9 Å². The van der Waals surface area contributed by atoms with Crippen molar-refractivity contribution in [1.82, 2.24) is 10.6 Å². The van der Waals surface area contributed by atoms with Gasteiger partial charge in [-0.1, -0.05) is 19.1 Å². The van der Waals surface area contributed by atoms with Crippen molar-refractivity contribution in [3.8, 4) is 5.75 Å². The number of hydrogen-bond acceptors (Lipinski definition) is 5. The van der Waals surface area contributed by atoms with Crippen LogP contribution in [0, 0.1) is 12.8 Å². The Bertz CT molecular complexity index is 582. The third-order valence-electron chi connectivity index (χ3n) is 3.62. The van der Waals surface area contributed by atoms with Crippen molar-refractivity contribution < 1.29 is 19.0 Å². The zero-order valence-electron chi connectivity index (χ0n) is 16.1. The first-order chi connectivity index (χ1) is 12.0.